The highest BCUT2D eigenvalue weighted by atomic mass is 14.8. The maximum absolute atomic E-state index is 4.42. The van der Waals surface area contributed by atoms with Gasteiger partial charge in [0, 0.05) is 12.4 Å². The zero-order valence-corrected chi connectivity index (χ0v) is 7.33. The molecule has 2 heteroatoms. The van der Waals surface area contributed by atoms with E-state index in [0.717, 1.165) is 30.7 Å². The van der Waals surface area contributed by atoms with Gasteiger partial charge >= 0.3 is 0 Å². The molecule has 0 atom stereocenters. The van der Waals surface area contributed by atoms with Crippen LogP contribution in [0.1, 0.15) is 24.1 Å². The molecule has 0 radical (unpaired) electrons. The molecule has 0 saturated heterocycles. The summed E-state index contributed by atoms with van der Waals surface area (Å²) < 4.78 is 0. The third-order valence-corrected chi connectivity index (χ3v) is 2.65. The number of fused-ring (bicyclic) bond motifs is 2. The molecule has 0 aromatic carbocycles. The van der Waals surface area contributed by atoms with Gasteiger partial charge in [0.15, 0.2) is 0 Å². The molecule has 1 aromatic heterocycles. The number of aromatic nitrogens is 1. The van der Waals surface area contributed by atoms with Crippen LogP contribution in [0, 0.1) is 0 Å². The highest BCUT2D eigenvalue weighted by Gasteiger charge is 2.22. The molecule has 0 N–H and O–H groups in total. The molecule has 64 valence electrons. The van der Waals surface area contributed by atoms with E-state index in [-0.39, 0.29) is 0 Å². The maximum atomic E-state index is 4.42. The summed E-state index contributed by atoms with van der Waals surface area (Å²) in [7, 11) is 0. The van der Waals surface area contributed by atoms with Crippen molar-refractivity contribution < 1.29 is 0 Å². The Bertz CT molecular complexity index is 416. The lowest BCUT2D eigenvalue weighted by Gasteiger charge is -2.05. The van der Waals surface area contributed by atoms with E-state index in [1.165, 1.54) is 11.1 Å². The van der Waals surface area contributed by atoms with Crippen molar-refractivity contribution in [3.63, 3.8) is 0 Å². The Morgan fingerprint density at radius 3 is 3.31 bits per heavy atom. The van der Waals surface area contributed by atoms with Gasteiger partial charge < -0.3 is 0 Å². The molecular formula is C11H10N2. The largest absolute Gasteiger partial charge is 0.259 e. The van der Waals surface area contributed by atoms with Gasteiger partial charge in [0.05, 0.1) is 11.4 Å². The van der Waals surface area contributed by atoms with E-state index in [0.29, 0.717) is 0 Å². The molecule has 0 amide bonds. The molecule has 1 aromatic rings. The quantitative estimate of drug-likeness (QED) is 0.586. The summed E-state index contributed by atoms with van der Waals surface area (Å²) in [4.78, 5) is 8.80. The van der Waals surface area contributed by atoms with Gasteiger partial charge in [-0.1, -0.05) is 6.07 Å². The molecule has 2 aliphatic rings. The first-order valence-electron chi connectivity index (χ1n) is 4.64. The smallest absolute Gasteiger partial charge is 0.0920 e. The van der Waals surface area contributed by atoms with Crippen molar-refractivity contribution in [3.05, 3.63) is 35.2 Å². The molecule has 3 rings (SSSR count). The first kappa shape index (κ1) is 7.01. The Hall–Kier alpha value is -1.44. The molecule has 1 aliphatic carbocycles. The average molecular weight is 170 g/mol. The van der Waals surface area contributed by atoms with Gasteiger partial charge in [-0.15, -0.1) is 0 Å². The van der Waals surface area contributed by atoms with Crippen LogP contribution in [0.4, 0.5) is 0 Å². The van der Waals surface area contributed by atoms with Crippen LogP contribution in [-0.4, -0.2) is 11.2 Å². The number of pyridine rings is 1. The SMILES string of the molecule is C1=NC2=C(CC1)Cc1cccnc12. The number of hydrogen-bond donors (Lipinski definition) is 0. The summed E-state index contributed by atoms with van der Waals surface area (Å²) >= 11 is 0. The lowest BCUT2D eigenvalue weighted by atomic mass is 10.1. The fraction of sp³-hybridized carbons (Fsp3) is 0.273. The summed E-state index contributed by atoms with van der Waals surface area (Å²) in [6.45, 7) is 0. The summed E-state index contributed by atoms with van der Waals surface area (Å²) in [5.41, 5.74) is 5.05. The van der Waals surface area contributed by atoms with Crippen molar-refractivity contribution in [2.24, 2.45) is 4.99 Å². The van der Waals surface area contributed by atoms with Crippen LogP contribution in [0.2, 0.25) is 0 Å². The van der Waals surface area contributed by atoms with Crippen LogP contribution in [0.3, 0.4) is 0 Å². The number of aliphatic imine (C=N–C) groups is 1. The predicted molar refractivity (Wildman–Crippen MR) is 52.6 cm³/mol. The van der Waals surface area contributed by atoms with E-state index in [9.17, 15) is 0 Å². The van der Waals surface area contributed by atoms with Crippen molar-refractivity contribution in [2.45, 2.75) is 19.3 Å². The van der Waals surface area contributed by atoms with Gasteiger partial charge in [-0.25, -0.2) is 0 Å². The van der Waals surface area contributed by atoms with Crippen molar-refractivity contribution in [1.29, 1.82) is 0 Å². The van der Waals surface area contributed by atoms with Gasteiger partial charge in [0.2, 0.25) is 0 Å². The van der Waals surface area contributed by atoms with E-state index in [1.807, 2.05) is 18.5 Å². The maximum Gasteiger partial charge on any atom is 0.0920 e. The average Bonchev–Trinajstić information content (AvgIpc) is 2.56. The van der Waals surface area contributed by atoms with Crippen molar-refractivity contribution in [2.75, 3.05) is 0 Å². The second-order valence-electron chi connectivity index (χ2n) is 3.49. The van der Waals surface area contributed by atoms with Crippen molar-refractivity contribution >= 4 is 11.9 Å². The van der Waals surface area contributed by atoms with Crippen LogP contribution in [0.25, 0.3) is 5.70 Å². The number of rotatable bonds is 0. The van der Waals surface area contributed by atoms with Gasteiger partial charge in [0.1, 0.15) is 0 Å². The summed E-state index contributed by atoms with van der Waals surface area (Å²) in [6, 6.07) is 4.15. The van der Waals surface area contributed by atoms with Crippen LogP contribution < -0.4 is 0 Å². The second-order valence-corrected chi connectivity index (χ2v) is 3.49. The second kappa shape index (κ2) is 2.52. The van der Waals surface area contributed by atoms with Crippen LogP contribution >= 0.6 is 0 Å². The van der Waals surface area contributed by atoms with Crippen molar-refractivity contribution in [1.82, 2.24) is 4.98 Å². The Morgan fingerprint density at radius 2 is 2.31 bits per heavy atom. The van der Waals surface area contributed by atoms with Crippen LogP contribution in [0.5, 0.6) is 0 Å². The van der Waals surface area contributed by atoms with Gasteiger partial charge in [0.25, 0.3) is 0 Å². The van der Waals surface area contributed by atoms with Gasteiger partial charge in [-0.3, -0.25) is 9.98 Å². The molecule has 0 bridgehead atoms. The zero-order valence-electron chi connectivity index (χ0n) is 7.33. The van der Waals surface area contributed by atoms with Gasteiger partial charge in [-0.2, -0.15) is 0 Å². The molecule has 0 spiro atoms. The standard InChI is InChI=1S/C11H10N2/c1-3-8-7-9-4-2-6-13-11(9)10(8)12-5-1/h1,3,5-6H,2,4,7H2. The number of hydrogen-bond acceptors (Lipinski definition) is 2. The Morgan fingerprint density at radius 1 is 1.31 bits per heavy atom. The molecule has 1 aliphatic heterocycles. The summed E-state index contributed by atoms with van der Waals surface area (Å²) in [6.07, 6.45) is 7.17. The monoisotopic (exact) mass is 170 g/mol. The minimum atomic E-state index is 1.07. The first-order valence-corrected chi connectivity index (χ1v) is 4.64. The predicted octanol–water partition coefficient (Wildman–Crippen LogP) is 2.21. The lowest BCUT2D eigenvalue weighted by molar-refractivity contribution is 0.966. The molecule has 0 saturated carbocycles. The zero-order chi connectivity index (χ0) is 8.67. The van der Waals surface area contributed by atoms with E-state index in [1.54, 1.807) is 0 Å². The van der Waals surface area contributed by atoms with Gasteiger partial charge in [-0.05, 0) is 36.5 Å². The number of allylic oxidation sites excluding steroid dienone is 1. The third kappa shape index (κ3) is 0.949. The minimum absolute atomic E-state index is 1.07. The Labute approximate surface area is 77.0 Å². The highest BCUT2D eigenvalue weighted by molar-refractivity contribution is 5.81. The molecule has 2 heterocycles. The Balaban J connectivity index is 2.18. The third-order valence-electron chi connectivity index (χ3n) is 2.65. The van der Waals surface area contributed by atoms with Crippen LogP contribution in [-0.2, 0) is 6.42 Å². The highest BCUT2D eigenvalue weighted by Crippen LogP contribution is 2.35. The molecular weight excluding hydrogens is 160 g/mol. The normalized spacial score (nSPS) is 18.8. The molecule has 2 nitrogen and oxygen atoms in total. The minimum Gasteiger partial charge on any atom is -0.259 e. The first-order chi connectivity index (χ1) is 6.45. The molecule has 13 heavy (non-hydrogen) atoms. The molecule has 0 fully saturated rings. The van der Waals surface area contributed by atoms with E-state index in [2.05, 4.69) is 16.0 Å². The number of nitrogens with zero attached hydrogens (tertiary/aromatic N) is 2. The summed E-state index contributed by atoms with van der Waals surface area (Å²) in [5, 5.41) is 0. The lowest BCUT2D eigenvalue weighted by Crippen LogP contribution is -1.92. The fourth-order valence-corrected chi connectivity index (χ4v) is 2.03. The summed E-state index contributed by atoms with van der Waals surface area (Å²) in [5.74, 6) is 0. The Kier molecular flexibility index (Phi) is 1.36. The van der Waals surface area contributed by atoms with E-state index < -0.39 is 0 Å². The van der Waals surface area contributed by atoms with E-state index >= 15 is 0 Å². The van der Waals surface area contributed by atoms with Crippen molar-refractivity contribution in [3.8, 4) is 0 Å². The van der Waals surface area contributed by atoms with Crippen LogP contribution in [0.15, 0.2) is 28.9 Å². The topological polar surface area (TPSA) is 25.2 Å². The fourth-order valence-electron chi connectivity index (χ4n) is 2.03. The van der Waals surface area contributed by atoms with E-state index in [4.69, 9.17) is 0 Å². The molecule has 0 unspecified atom stereocenters.